The van der Waals surface area contributed by atoms with E-state index in [1.165, 1.54) is 19.1 Å². The summed E-state index contributed by atoms with van der Waals surface area (Å²) in [5.41, 5.74) is 0.446. The average Bonchev–Trinajstić information content (AvgIpc) is 2.69. The molecule has 1 unspecified atom stereocenters. The Bertz CT molecular complexity index is 782. The van der Waals surface area contributed by atoms with Gasteiger partial charge in [0.15, 0.2) is 5.78 Å². The number of hydrogen-bond acceptors (Lipinski definition) is 6. The van der Waals surface area contributed by atoms with Gasteiger partial charge in [0, 0.05) is 12.1 Å². The quantitative estimate of drug-likeness (QED) is 0.306. The van der Waals surface area contributed by atoms with E-state index < -0.39 is 17.9 Å². The lowest BCUT2D eigenvalue weighted by Crippen LogP contribution is -2.51. The number of morpholine rings is 1. The molecule has 1 aliphatic rings. The number of ketones is 1. The van der Waals surface area contributed by atoms with Crippen LogP contribution in [0.5, 0.6) is 5.75 Å². The lowest BCUT2D eigenvalue weighted by Gasteiger charge is -2.32. The van der Waals surface area contributed by atoms with Crippen molar-refractivity contribution in [3.63, 3.8) is 0 Å². The first-order chi connectivity index (χ1) is 13.8. The maximum absolute atomic E-state index is 13.3. The molecule has 0 radical (unpaired) electrons. The highest BCUT2D eigenvalue weighted by Gasteiger charge is 2.25. The van der Waals surface area contributed by atoms with Crippen LogP contribution in [-0.2, 0) is 14.3 Å². The molecule has 0 aliphatic carbocycles. The third kappa shape index (κ3) is 6.86. The minimum absolute atomic E-state index is 0.0483. The van der Waals surface area contributed by atoms with Crippen molar-refractivity contribution in [2.75, 3.05) is 39.5 Å². The second-order valence-corrected chi connectivity index (χ2v) is 6.59. The van der Waals surface area contributed by atoms with Crippen LogP contribution in [-0.4, -0.2) is 68.2 Å². The number of nitrogens with zero attached hydrogens (tertiary/aromatic N) is 1. The molecule has 2 rings (SSSR count). The summed E-state index contributed by atoms with van der Waals surface area (Å²) in [4.78, 5) is 36.7. The van der Waals surface area contributed by atoms with E-state index in [1.807, 2.05) is 0 Å². The Kier molecular flexibility index (Phi) is 8.14. The van der Waals surface area contributed by atoms with Gasteiger partial charge >= 0.3 is 12.0 Å². The fourth-order valence-electron chi connectivity index (χ4n) is 2.63. The van der Waals surface area contributed by atoms with Gasteiger partial charge in [0.05, 0.1) is 25.3 Å². The van der Waals surface area contributed by atoms with Crippen LogP contribution in [0.15, 0.2) is 30.4 Å². The van der Waals surface area contributed by atoms with Crippen LogP contribution >= 0.6 is 0 Å². The van der Waals surface area contributed by atoms with Gasteiger partial charge in [0.2, 0.25) is 0 Å². The van der Waals surface area contributed by atoms with Crippen molar-refractivity contribution in [1.82, 2.24) is 10.2 Å². The Balaban J connectivity index is 1.80. The van der Waals surface area contributed by atoms with Gasteiger partial charge in [-0.2, -0.15) is 0 Å². The molecule has 1 heterocycles. The molecule has 158 valence electrons. The van der Waals surface area contributed by atoms with Gasteiger partial charge in [-0.05, 0) is 32.0 Å². The number of nitrogens with one attached hydrogen (secondary N) is 1. The van der Waals surface area contributed by atoms with Crippen LogP contribution in [0.1, 0.15) is 24.2 Å². The number of carbonyl (C=O) groups is 3. The van der Waals surface area contributed by atoms with Crippen molar-refractivity contribution in [3.8, 4) is 5.75 Å². The third-order valence-corrected chi connectivity index (χ3v) is 4.13. The SMILES string of the molecule is C=C(C)C(=O)OCCNC(=O)N1CCOC(COc2ccc(F)cc2C(C)=O)C1. The fourth-order valence-corrected chi connectivity index (χ4v) is 2.63. The van der Waals surface area contributed by atoms with E-state index in [1.54, 1.807) is 11.8 Å². The average molecular weight is 408 g/mol. The second-order valence-electron chi connectivity index (χ2n) is 6.59. The molecule has 1 aliphatic heterocycles. The number of ether oxygens (including phenoxy) is 3. The van der Waals surface area contributed by atoms with Crippen molar-refractivity contribution in [3.05, 3.63) is 41.7 Å². The summed E-state index contributed by atoms with van der Waals surface area (Å²) in [6.07, 6.45) is -0.402. The Morgan fingerprint density at radius 3 is 2.79 bits per heavy atom. The number of halogens is 1. The number of benzene rings is 1. The van der Waals surface area contributed by atoms with E-state index in [9.17, 15) is 18.8 Å². The molecule has 1 aromatic carbocycles. The van der Waals surface area contributed by atoms with Crippen LogP contribution in [0.2, 0.25) is 0 Å². The highest BCUT2D eigenvalue weighted by Crippen LogP contribution is 2.21. The largest absolute Gasteiger partial charge is 0.490 e. The monoisotopic (exact) mass is 408 g/mol. The number of carbonyl (C=O) groups excluding carboxylic acids is 3. The molecule has 2 amide bonds. The highest BCUT2D eigenvalue weighted by atomic mass is 19.1. The number of hydrogen-bond donors (Lipinski definition) is 1. The zero-order chi connectivity index (χ0) is 21.4. The van der Waals surface area contributed by atoms with E-state index in [2.05, 4.69) is 11.9 Å². The molecule has 0 saturated carbocycles. The lowest BCUT2D eigenvalue weighted by molar-refractivity contribution is -0.138. The van der Waals surface area contributed by atoms with Gasteiger partial charge in [-0.3, -0.25) is 4.79 Å². The van der Waals surface area contributed by atoms with Gasteiger partial charge < -0.3 is 24.4 Å². The molecule has 29 heavy (non-hydrogen) atoms. The molecule has 9 heteroatoms. The standard InChI is InChI=1S/C20H25FN2O6/c1-13(2)19(25)28-8-6-22-20(26)23-7-9-27-16(11-23)12-29-18-5-4-15(21)10-17(18)14(3)24/h4-5,10,16H,1,6-9,11-12H2,2-3H3,(H,22,26). The summed E-state index contributed by atoms with van der Waals surface area (Å²) >= 11 is 0. The second kappa shape index (κ2) is 10.6. The maximum atomic E-state index is 13.3. The molecule has 0 aromatic heterocycles. The highest BCUT2D eigenvalue weighted by molar-refractivity contribution is 5.96. The number of urea groups is 1. The van der Waals surface area contributed by atoms with E-state index in [0.717, 1.165) is 6.07 Å². The summed E-state index contributed by atoms with van der Waals surface area (Å²) < 4.78 is 29.5. The lowest BCUT2D eigenvalue weighted by atomic mass is 10.1. The van der Waals surface area contributed by atoms with Crippen molar-refractivity contribution in [2.24, 2.45) is 0 Å². The van der Waals surface area contributed by atoms with Crippen LogP contribution < -0.4 is 10.1 Å². The Morgan fingerprint density at radius 2 is 2.10 bits per heavy atom. The maximum Gasteiger partial charge on any atom is 0.333 e. The van der Waals surface area contributed by atoms with Gasteiger partial charge in [-0.25, -0.2) is 14.0 Å². The molecular weight excluding hydrogens is 383 g/mol. The van der Waals surface area contributed by atoms with E-state index in [-0.39, 0.29) is 49.4 Å². The summed E-state index contributed by atoms with van der Waals surface area (Å²) in [6.45, 7) is 7.70. The normalized spacial score (nSPS) is 16.1. The first kappa shape index (κ1) is 22.4. The minimum atomic E-state index is -0.520. The number of amides is 2. The zero-order valence-corrected chi connectivity index (χ0v) is 16.5. The summed E-state index contributed by atoms with van der Waals surface area (Å²) in [6, 6.07) is 3.42. The van der Waals surface area contributed by atoms with Gasteiger partial charge in [-0.15, -0.1) is 0 Å². The number of esters is 1. The van der Waals surface area contributed by atoms with Crippen LogP contribution in [0, 0.1) is 5.82 Å². The number of Topliss-reactive ketones (excluding diaryl/α,β-unsaturated/α-hetero) is 1. The van der Waals surface area contributed by atoms with Crippen molar-refractivity contribution in [1.29, 1.82) is 0 Å². The third-order valence-electron chi connectivity index (χ3n) is 4.13. The predicted octanol–water partition coefficient (Wildman–Crippen LogP) is 1.94. The molecule has 1 fully saturated rings. The van der Waals surface area contributed by atoms with E-state index in [4.69, 9.17) is 14.2 Å². The summed E-state index contributed by atoms with van der Waals surface area (Å²) in [5, 5.41) is 2.67. The molecule has 1 saturated heterocycles. The molecule has 0 bridgehead atoms. The van der Waals surface area contributed by atoms with Gasteiger partial charge in [-0.1, -0.05) is 6.58 Å². The first-order valence-electron chi connectivity index (χ1n) is 9.18. The Morgan fingerprint density at radius 1 is 1.34 bits per heavy atom. The first-order valence-corrected chi connectivity index (χ1v) is 9.18. The van der Waals surface area contributed by atoms with E-state index in [0.29, 0.717) is 18.7 Å². The predicted molar refractivity (Wildman–Crippen MR) is 102 cm³/mol. The number of rotatable bonds is 8. The van der Waals surface area contributed by atoms with E-state index >= 15 is 0 Å². The molecule has 1 aromatic rings. The van der Waals surface area contributed by atoms with Crippen LogP contribution in [0.4, 0.5) is 9.18 Å². The van der Waals surface area contributed by atoms with Crippen molar-refractivity contribution < 1.29 is 33.0 Å². The molecule has 8 nitrogen and oxygen atoms in total. The van der Waals surface area contributed by atoms with Crippen LogP contribution in [0.3, 0.4) is 0 Å². The van der Waals surface area contributed by atoms with Gasteiger partial charge in [0.25, 0.3) is 0 Å². The zero-order valence-electron chi connectivity index (χ0n) is 16.5. The summed E-state index contributed by atoms with van der Waals surface area (Å²) in [7, 11) is 0. The molecule has 1 atom stereocenters. The Hall–Kier alpha value is -2.94. The summed E-state index contributed by atoms with van der Waals surface area (Å²) in [5.74, 6) is -1.07. The fraction of sp³-hybridized carbons (Fsp3) is 0.450. The molecule has 1 N–H and O–H groups in total. The van der Waals surface area contributed by atoms with Crippen molar-refractivity contribution in [2.45, 2.75) is 20.0 Å². The smallest absolute Gasteiger partial charge is 0.333 e. The van der Waals surface area contributed by atoms with Gasteiger partial charge in [0.1, 0.15) is 30.9 Å². The molecule has 0 spiro atoms. The Labute approximate surface area is 168 Å². The molecular formula is C20H25FN2O6. The van der Waals surface area contributed by atoms with Crippen molar-refractivity contribution >= 4 is 17.8 Å². The minimum Gasteiger partial charge on any atom is -0.490 e. The van der Waals surface area contributed by atoms with Crippen LogP contribution in [0.25, 0.3) is 0 Å². The topological polar surface area (TPSA) is 94.2 Å².